The molecule has 44 heavy (non-hydrogen) atoms. The highest BCUT2D eigenvalue weighted by Crippen LogP contribution is 2.11. The van der Waals surface area contributed by atoms with Crippen LogP contribution >= 0.6 is 11.6 Å². The number of hydrogen-bond acceptors (Lipinski definition) is 4. The zero-order chi connectivity index (χ0) is 32.2. The first-order valence-electron chi connectivity index (χ1n) is 18.1. The largest absolute Gasteiger partial charge is 0.464 e. The van der Waals surface area contributed by atoms with Crippen LogP contribution in [0.15, 0.2) is 48.6 Å². The molecule has 0 radical (unpaired) electrons. The van der Waals surface area contributed by atoms with Gasteiger partial charge in [0.2, 0.25) is 0 Å². The lowest BCUT2D eigenvalue weighted by molar-refractivity contribution is -0.146. The van der Waals surface area contributed by atoms with E-state index in [4.69, 9.17) is 21.1 Å². The third-order valence-corrected chi connectivity index (χ3v) is 7.77. The molecule has 0 saturated heterocycles. The van der Waals surface area contributed by atoms with Crippen molar-refractivity contribution < 1.29 is 19.1 Å². The maximum atomic E-state index is 12.0. The molecule has 0 aromatic heterocycles. The van der Waals surface area contributed by atoms with Crippen LogP contribution in [0.5, 0.6) is 0 Å². The molecule has 0 aliphatic carbocycles. The van der Waals surface area contributed by atoms with E-state index in [2.05, 4.69) is 62.5 Å². The molecule has 5 heteroatoms. The van der Waals surface area contributed by atoms with Gasteiger partial charge in [0.15, 0.2) is 0 Å². The molecule has 0 aliphatic rings. The lowest BCUT2D eigenvalue weighted by Crippen LogP contribution is -2.21. The van der Waals surface area contributed by atoms with E-state index < -0.39 is 5.38 Å². The molecule has 0 amide bonds. The first kappa shape index (κ1) is 42.2. The molecule has 0 aromatic carbocycles. The molecule has 0 aliphatic heterocycles. The number of ether oxygens (including phenoxy) is 2. The Bertz CT molecular complexity index is 693. The average molecular weight is 635 g/mol. The Balaban J connectivity index is 3.51. The summed E-state index contributed by atoms with van der Waals surface area (Å²) < 4.78 is 10.5. The Labute approximate surface area is 277 Å². The summed E-state index contributed by atoms with van der Waals surface area (Å²) in [4.78, 5) is 24.0. The van der Waals surface area contributed by atoms with Gasteiger partial charge >= 0.3 is 11.9 Å². The van der Waals surface area contributed by atoms with Crippen LogP contribution < -0.4 is 0 Å². The lowest BCUT2D eigenvalue weighted by atomic mass is 10.1. The first-order chi connectivity index (χ1) is 21.6. The number of carbonyl (C=O) groups excluding carboxylic acids is 2. The van der Waals surface area contributed by atoms with Crippen molar-refractivity contribution in [3.05, 3.63) is 48.6 Å². The van der Waals surface area contributed by atoms with Crippen LogP contribution in [0.4, 0.5) is 0 Å². The first-order valence-corrected chi connectivity index (χ1v) is 18.6. The van der Waals surface area contributed by atoms with Crippen molar-refractivity contribution in [2.45, 2.75) is 173 Å². The molecule has 0 bridgehead atoms. The molecule has 254 valence electrons. The highest BCUT2D eigenvalue weighted by atomic mass is 35.5. The van der Waals surface area contributed by atoms with Gasteiger partial charge in [-0.25, -0.2) is 0 Å². The molecular formula is C39H67ClO4. The van der Waals surface area contributed by atoms with Crippen molar-refractivity contribution in [1.29, 1.82) is 0 Å². The molecule has 0 fully saturated rings. The topological polar surface area (TPSA) is 52.6 Å². The lowest BCUT2D eigenvalue weighted by Gasteiger charge is -2.11. The number of alkyl halides is 1. The molecule has 0 N–H and O–H groups in total. The fraction of sp³-hybridized carbons (Fsp3) is 0.744. The minimum Gasteiger partial charge on any atom is -0.464 e. The van der Waals surface area contributed by atoms with Crippen LogP contribution in [-0.4, -0.2) is 30.5 Å². The summed E-state index contributed by atoms with van der Waals surface area (Å²) in [5.41, 5.74) is 0. The smallest absolute Gasteiger partial charge is 0.305 e. The van der Waals surface area contributed by atoms with Crippen LogP contribution in [0.2, 0.25) is 0 Å². The van der Waals surface area contributed by atoms with Gasteiger partial charge < -0.3 is 9.47 Å². The maximum Gasteiger partial charge on any atom is 0.305 e. The highest BCUT2D eigenvalue weighted by molar-refractivity contribution is 6.21. The summed E-state index contributed by atoms with van der Waals surface area (Å²) in [6.07, 6.45) is 44.4. The van der Waals surface area contributed by atoms with Crippen molar-refractivity contribution in [2.75, 3.05) is 13.2 Å². The Kier molecular flexibility index (Phi) is 34.2. The van der Waals surface area contributed by atoms with Gasteiger partial charge in [0, 0.05) is 12.8 Å². The number of allylic oxidation sites excluding steroid dienone is 8. The number of unbranched alkanes of at least 4 members (excludes halogenated alkanes) is 16. The molecule has 0 unspecified atom stereocenters. The molecular weight excluding hydrogens is 568 g/mol. The van der Waals surface area contributed by atoms with Crippen LogP contribution in [0, 0.1) is 0 Å². The Hall–Kier alpha value is -1.81. The summed E-state index contributed by atoms with van der Waals surface area (Å²) in [5, 5.41) is -0.503. The van der Waals surface area contributed by atoms with Crippen molar-refractivity contribution >= 4 is 23.5 Å². The fourth-order valence-electron chi connectivity index (χ4n) is 4.72. The van der Waals surface area contributed by atoms with E-state index in [9.17, 15) is 9.59 Å². The molecule has 4 nitrogen and oxygen atoms in total. The second kappa shape index (κ2) is 35.7. The summed E-state index contributed by atoms with van der Waals surface area (Å²) in [7, 11) is 0. The van der Waals surface area contributed by atoms with E-state index in [1.54, 1.807) is 0 Å². The van der Waals surface area contributed by atoms with Gasteiger partial charge in [0.1, 0.15) is 18.6 Å². The van der Waals surface area contributed by atoms with E-state index in [0.29, 0.717) is 12.8 Å². The zero-order valence-electron chi connectivity index (χ0n) is 28.6. The highest BCUT2D eigenvalue weighted by Gasteiger charge is 2.12. The van der Waals surface area contributed by atoms with Gasteiger partial charge in [-0.3, -0.25) is 9.59 Å². The predicted molar refractivity (Wildman–Crippen MR) is 190 cm³/mol. The van der Waals surface area contributed by atoms with Crippen LogP contribution in [0.1, 0.15) is 168 Å². The zero-order valence-corrected chi connectivity index (χ0v) is 29.3. The van der Waals surface area contributed by atoms with Gasteiger partial charge in [-0.05, 0) is 77.0 Å². The number of esters is 2. The van der Waals surface area contributed by atoms with Crippen LogP contribution in [-0.2, 0) is 19.1 Å². The molecule has 0 atom stereocenters. The number of hydrogen-bond donors (Lipinski definition) is 0. The third kappa shape index (κ3) is 34.7. The summed E-state index contributed by atoms with van der Waals surface area (Å²) in [6.45, 7) is 4.64. The van der Waals surface area contributed by atoms with Crippen molar-refractivity contribution in [3.63, 3.8) is 0 Å². The molecule has 0 rings (SSSR count). The third-order valence-electron chi connectivity index (χ3n) is 7.51. The fourth-order valence-corrected chi connectivity index (χ4v) is 4.85. The average Bonchev–Trinajstić information content (AvgIpc) is 3.02. The normalized spacial score (nSPS) is 12.1. The number of carbonyl (C=O) groups is 2. The maximum absolute atomic E-state index is 12.0. The number of halogens is 1. The summed E-state index contributed by atoms with van der Waals surface area (Å²) >= 11 is 6.19. The SMILES string of the molecule is CCCCC/C=C\C/C=C\CCCCCCCC(=O)OCC(Cl)COC(=O)CCCCCCC/C=C\C/C=C\CCCCC. The van der Waals surface area contributed by atoms with Crippen molar-refractivity contribution in [1.82, 2.24) is 0 Å². The van der Waals surface area contributed by atoms with Gasteiger partial charge in [-0.15, -0.1) is 11.6 Å². The minimum atomic E-state index is -0.503. The molecule has 0 spiro atoms. The summed E-state index contributed by atoms with van der Waals surface area (Å²) in [5.74, 6) is -0.449. The van der Waals surface area contributed by atoms with E-state index in [1.807, 2.05) is 0 Å². The Morgan fingerprint density at radius 3 is 1.16 bits per heavy atom. The number of rotatable bonds is 32. The van der Waals surface area contributed by atoms with E-state index in [0.717, 1.165) is 64.2 Å². The molecule has 0 heterocycles. The Morgan fingerprint density at radius 1 is 0.477 bits per heavy atom. The van der Waals surface area contributed by atoms with Crippen LogP contribution in [0.25, 0.3) is 0 Å². The van der Waals surface area contributed by atoms with Gasteiger partial charge in [0.25, 0.3) is 0 Å². The van der Waals surface area contributed by atoms with Gasteiger partial charge in [-0.2, -0.15) is 0 Å². The Morgan fingerprint density at radius 2 is 0.795 bits per heavy atom. The quantitative estimate of drug-likeness (QED) is 0.0319. The summed E-state index contributed by atoms with van der Waals surface area (Å²) in [6, 6.07) is 0. The second-order valence-electron chi connectivity index (χ2n) is 11.9. The standard InChI is InChI=1S/C39H67ClO4/c1-3-5-7-9-11-13-15-17-19-21-23-25-27-29-31-33-38(41)43-35-37(40)36-44-39(42)34-32-30-28-26-24-22-20-18-16-14-12-10-8-6-4-2/h11-14,17-20,37H,3-10,15-16,21-36H2,1-2H3/b13-11-,14-12-,19-17-,20-18-. The van der Waals surface area contributed by atoms with Crippen LogP contribution in [0.3, 0.4) is 0 Å². The van der Waals surface area contributed by atoms with E-state index in [-0.39, 0.29) is 25.2 Å². The van der Waals surface area contributed by atoms with Crippen molar-refractivity contribution in [2.24, 2.45) is 0 Å². The van der Waals surface area contributed by atoms with Gasteiger partial charge in [0.05, 0.1) is 0 Å². The monoisotopic (exact) mass is 634 g/mol. The second-order valence-corrected chi connectivity index (χ2v) is 12.5. The predicted octanol–water partition coefficient (Wildman–Crippen LogP) is 12.3. The molecule has 0 saturated carbocycles. The van der Waals surface area contributed by atoms with E-state index in [1.165, 1.54) is 77.0 Å². The van der Waals surface area contributed by atoms with Gasteiger partial charge in [-0.1, -0.05) is 127 Å². The molecule has 0 aromatic rings. The minimum absolute atomic E-state index is 0.0810. The van der Waals surface area contributed by atoms with E-state index >= 15 is 0 Å². The van der Waals surface area contributed by atoms with Crippen molar-refractivity contribution in [3.8, 4) is 0 Å².